The first kappa shape index (κ1) is 21.3. The summed E-state index contributed by atoms with van der Waals surface area (Å²) in [5.41, 5.74) is -2.62. The molecule has 0 aromatic heterocycles. The predicted molar refractivity (Wildman–Crippen MR) is 50.2 cm³/mol. The van der Waals surface area contributed by atoms with E-state index in [0.717, 1.165) is 0 Å². The minimum Gasteiger partial charge on any atom is -0.200 e. The zero-order valence-electron chi connectivity index (χ0n) is 10.5. The molecule has 22 heavy (non-hydrogen) atoms. The molecule has 0 aromatic rings. The number of rotatable bonds is 5. The lowest BCUT2D eigenvalue weighted by Gasteiger charge is -2.40. The molecule has 134 valence electrons. The number of hydrogen-bond acceptors (Lipinski definition) is 0. The summed E-state index contributed by atoms with van der Waals surface area (Å²) in [6.45, 7) is 0.219. The molecule has 0 aliphatic carbocycles. The van der Waals surface area contributed by atoms with E-state index in [1.807, 2.05) is 0 Å². The summed E-state index contributed by atoms with van der Waals surface area (Å²) in [7, 11) is -0.959. The number of alkyl halides is 13. The van der Waals surface area contributed by atoms with Gasteiger partial charge in [-0.05, 0) is 0 Å². The third kappa shape index (κ3) is 2.56. The van der Waals surface area contributed by atoms with Crippen molar-refractivity contribution in [3.8, 4) is 0 Å². The van der Waals surface area contributed by atoms with E-state index in [1.54, 1.807) is 0 Å². The van der Waals surface area contributed by atoms with E-state index in [0.29, 0.717) is 0 Å². The first-order valence-electron chi connectivity index (χ1n) is 5.15. The van der Waals surface area contributed by atoms with Gasteiger partial charge in [0.25, 0.3) is 0 Å². The second kappa shape index (κ2) is 5.16. The normalized spacial score (nSPS) is 17.7. The van der Waals surface area contributed by atoms with E-state index in [1.165, 1.54) is 0 Å². The Labute approximate surface area is 117 Å². The van der Waals surface area contributed by atoms with Gasteiger partial charge in [-0.2, -0.15) is 57.1 Å². The highest BCUT2D eigenvalue weighted by molar-refractivity contribution is 6.12. The second-order valence-electron chi connectivity index (χ2n) is 4.57. The van der Waals surface area contributed by atoms with Crippen molar-refractivity contribution in [2.24, 2.45) is 0 Å². The van der Waals surface area contributed by atoms with Crippen LogP contribution >= 0.6 is 0 Å². The fourth-order valence-electron chi connectivity index (χ4n) is 1.14. The summed E-state index contributed by atoms with van der Waals surface area (Å²) in [6.07, 6.45) is -7.36. The maximum atomic E-state index is 13.0. The standard InChI is InChI=1S/C8H7F13Si/c1-2(22)3(9,10)4(11,12)5(13,14)6(15,16)7(17,18)8(19,20)21/h2H,1,22H3. The van der Waals surface area contributed by atoms with Crippen LogP contribution in [0.5, 0.6) is 0 Å². The smallest absolute Gasteiger partial charge is 0.200 e. The Morgan fingerprint density at radius 1 is 0.545 bits per heavy atom. The first-order valence-corrected chi connectivity index (χ1v) is 6.30. The van der Waals surface area contributed by atoms with Crippen LogP contribution < -0.4 is 0 Å². The van der Waals surface area contributed by atoms with Gasteiger partial charge < -0.3 is 0 Å². The summed E-state index contributed by atoms with van der Waals surface area (Å²) in [4.78, 5) is 0. The Kier molecular flexibility index (Phi) is 5.00. The van der Waals surface area contributed by atoms with Crippen LogP contribution in [-0.2, 0) is 0 Å². The Morgan fingerprint density at radius 3 is 1.05 bits per heavy atom. The van der Waals surface area contributed by atoms with Gasteiger partial charge >= 0.3 is 35.8 Å². The summed E-state index contributed by atoms with van der Waals surface area (Å²) in [6, 6.07) is 0. The molecule has 0 nitrogen and oxygen atoms in total. The van der Waals surface area contributed by atoms with Gasteiger partial charge in [0.2, 0.25) is 0 Å². The van der Waals surface area contributed by atoms with Crippen molar-refractivity contribution in [3.63, 3.8) is 0 Å². The van der Waals surface area contributed by atoms with Gasteiger partial charge in [-0.3, -0.25) is 0 Å². The van der Waals surface area contributed by atoms with Crippen LogP contribution in [0.25, 0.3) is 0 Å². The zero-order chi connectivity index (χ0) is 18.6. The van der Waals surface area contributed by atoms with Crippen molar-refractivity contribution in [2.75, 3.05) is 0 Å². The highest BCUT2D eigenvalue weighted by Crippen LogP contribution is 2.61. The van der Waals surface area contributed by atoms with Gasteiger partial charge in [0.15, 0.2) is 0 Å². The van der Waals surface area contributed by atoms with Crippen molar-refractivity contribution in [2.45, 2.75) is 48.3 Å². The van der Waals surface area contributed by atoms with Crippen LogP contribution in [0.3, 0.4) is 0 Å². The second-order valence-corrected chi connectivity index (χ2v) is 6.31. The molecular formula is C8H7F13Si. The molecule has 0 bridgehead atoms. The minimum atomic E-state index is -7.80. The van der Waals surface area contributed by atoms with E-state index >= 15 is 0 Å². The van der Waals surface area contributed by atoms with Crippen LogP contribution in [-0.4, -0.2) is 46.0 Å². The largest absolute Gasteiger partial charge is 0.460 e. The fraction of sp³-hybridized carbons (Fsp3) is 1.00. The average molecular weight is 378 g/mol. The zero-order valence-corrected chi connectivity index (χ0v) is 12.5. The molecule has 0 heterocycles. The van der Waals surface area contributed by atoms with E-state index < -0.39 is 51.6 Å². The summed E-state index contributed by atoms with van der Waals surface area (Å²) in [5.74, 6) is -36.2. The topological polar surface area (TPSA) is 0 Å². The highest BCUT2D eigenvalue weighted by Gasteiger charge is 2.90. The van der Waals surface area contributed by atoms with Crippen molar-refractivity contribution in [1.29, 1.82) is 0 Å². The van der Waals surface area contributed by atoms with Crippen molar-refractivity contribution in [3.05, 3.63) is 0 Å². The van der Waals surface area contributed by atoms with Gasteiger partial charge in [-0.1, -0.05) is 6.92 Å². The fourth-order valence-corrected chi connectivity index (χ4v) is 1.51. The van der Waals surface area contributed by atoms with Crippen LogP contribution in [0.2, 0.25) is 5.54 Å². The predicted octanol–water partition coefficient (Wildman–Crippen LogP) is 3.90. The highest BCUT2D eigenvalue weighted by atomic mass is 28.1. The molecule has 0 N–H and O–H groups in total. The SMILES string of the molecule is CC([SiH3])C(F)(F)C(F)(F)C(F)(F)C(F)(F)C(F)(F)C(F)(F)F. The molecule has 0 saturated carbocycles. The lowest BCUT2D eigenvalue weighted by molar-refractivity contribution is -0.439. The van der Waals surface area contributed by atoms with E-state index in [-0.39, 0.29) is 6.92 Å². The third-order valence-corrected chi connectivity index (χ3v) is 3.41. The molecule has 0 aliphatic rings. The van der Waals surface area contributed by atoms with Gasteiger partial charge in [0.1, 0.15) is 0 Å². The molecule has 0 rings (SSSR count). The van der Waals surface area contributed by atoms with Gasteiger partial charge in [0, 0.05) is 15.8 Å². The van der Waals surface area contributed by atoms with E-state index in [4.69, 9.17) is 0 Å². The Hall–Kier alpha value is -0.693. The van der Waals surface area contributed by atoms with Crippen LogP contribution in [0.1, 0.15) is 6.92 Å². The Balaban J connectivity index is 6.24. The summed E-state index contributed by atoms with van der Waals surface area (Å²) < 4.78 is 163. The van der Waals surface area contributed by atoms with E-state index in [9.17, 15) is 57.1 Å². The molecule has 0 radical (unpaired) electrons. The van der Waals surface area contributed by atoms with Gasteiger partial charge in [-0.15, -0.1) is 0 Å². The average Bonchev–Trinajstić information content (AvgIpc) is 2.25. The molecule has 0 spiro atoms. The van der Waals surface area contributed by atoms with E-state index in [2.05, 4.69) is 0 Å². The van der Waals surface area contributed by atoms with Crippen molar-refractivity contribution in [1.82, 2.24) is 0 Å². The van der Waals surface area contributed by atoms with Crippen molar-refractivity contribution >= 4 is 10.2 Å². The Morgan fingerprint density at radius 2 is 0.818 bits per heavy atom. The molecule has 0 aromatic carbocycles. The molecular weight excluding hydrogens is 371 g/mol. The lowest BCUT2D eigenvalue weighted by atomic mass is 9.93. The lowest BCUT2D eigenvalue weighted by Crippen LogP contribution is -2.70. The molecule has 0 aliphatic heterocycles. The number of halogens is 13. The molecule has 0 saturated heterocycles. The molecule has 0 amide bonds. The number of hydrogen-bond donors (Lipinski definition) is 0. The molecule has 1 unspecified atom stereocenters. The summed E-state index contributed by atoms with van der Waals surface area (Å²) >= 11 is 0. The maximum Gasteiger partial charge on any atom is 0.460 e. The minimum absolute atomic E-state index is 0.219. The molecule has 14 heteroatoms. The summed E-state index contributed by atoms with van der Waals surface area (Å²) in [5, 5.41) is 0. The Bertz CT molecular complexity index is 407. The first-order chi connectivity index (χ1) is 9.19. The van der Waals surface area contributed by atoms with Crippen molar-refractivity contribution < 1.29 is 57.1 Å². The molecule has 1 atom stereocenters. The van der Waals surface area contributed by atoms with Crippen LogP contribution in [0.4, 0.5) is 57.1 Å². The quantitative estimate of drug-likeness (QED) is 0.503. The maximum absolute atomic E-state index is 13.0. The molecule has 0 fully saturated rings. The van der Waals surface area contributed by atoms with Gasteiger partial charge in [0.05, 0.1) is 0 Å². The van der Waals surface area contributed by atoms with Gasteiger partial charge in [-0.25, -0.2) is 0 Å². The third-order valence-electron chi connectivity index (χ3n) is 2.68. The van der Waals surface area contributed by atoms with Crippen LogP contribution in [0.15, 0.2) is 0 Å². The monoisotopic (exact) mass is 378 g/mol. The van der Waals surface area contributed by atoms with Crippen LogP contribution in [0, 0.1) is 0 Å².